The molecule has 0 aromatic heterocycles. The lowest BCUT2D eigenvalue weighted by Gasteiger charge is -2.36. The molecule has 2 amide bonds. The molecule has 0 aliphatic carbocycles. The number of amides is 2. The fourth-order valence-corrected chi connectivity index (χ4v) is 2.88. The SMILES string of the molecule is CCC1(C)NC(=O)CCN(C(C)C2CCCO2)C1=O. The van der Waals surface area contributed by atoms with E-state index in [0.29, 0.717) is 19.4 Å². The number of hydrogen-bond donors (Lipinski definition) is 1. The quantitative estimate of drug-likeness (QED) is 0.833. The van der Waals surface area contributed by atoms with E-state index in [1.54, 1.807) is 0 Å². The number of ether oxygens (including phenoxy) is 1. The molecule has 2 fully saturated rings. The molecule has 2 saturated heterocycles. The number of nitrogens with one attached hydrogen (secondary N) is 1. The van der Waals surface area contributed by atoms with Gasteiger partial charge in [-0.25, -0.2) is 0 Å². The van der Waals surface area contributed by atoms with Gasteiger partial charge in [0.05, 0.1) is 12.1 Å². The molecule has 0 aromatic carbocycles. The average molecular weight is 268 g/mol. The number of carbonyl (C=O) groups excluding carboxylic acids is 2. The van der Waals surface area contributed by atoms with Crippen molar-refractivity contribution in [1.82, 2.24) is 10.2 Å². The molecule has 3 atom stereocenters. The van der Waals surface area contributed by atoms with Crippen LogP contribution in [-0.2, 0) is 14.3 Å². The monoisotopic (exact) mass is 268 g/mol. The minimum atomic E-state index is -0.777. The zero-order chi connectivity index (χ0) is 14.0. The van der Waals surface area contributed by atoms with E-state index in [-0.39, 0.29) is 24.0 Å². The van der Waals surface area contributed by atoms with Crippen LogP contribution in [0.5, 0.6) is 0 Å². The molecule has 0 spiro atoms. The van der Waals surface area contributed by atoms with Crippen LogP contribution >= 0.6 is 0 Å². The van der Waals surface area contributed by atoms with Gasteiger partial charge in [-0.05, 0) is 33.1 Å². The molecule has 0 bridgehead atoms. The smallest absolute Gasteiger partial charge is 0.248 e. The summed E-state index contributed by atoms with van der Waals surface area (Å²) in [5.74, 6) is -0.0245. The van der Waals surface area contributed by atoms with Crippen molar-refractivity contribution in [2.24, 2.45) is 0 Å². The third kappa shape index (κ3) is 2.76. The Bertz CT molecular complexity index is 366. The molecule has 2 rings (SSSR count). The van der Waals surface area contributed by atoms with Crippen LogP contribution in [0.25, 0.3) is 0 Å². The van der Waals surface area contributed by atoms with Crippen LogP contribution in [0.1, 0.15) is 46.5 Å². The summed E-state index contributed by atoms with van der Waals surface area (Å²) in [7, 11) is 0. The molecule has 2 heterocycles. The molecule has 3 unspecified atom stereocenters. The third-order valence-electron chi connectivity index (χ3n) is 4.43. The van der Waals surface area contributed by atoms with Crippen molar-refractivity contribution in [2.45, 2.75) is 64.1 Å². The summed E-state index contributed by atoms with van der Waals surface area (Å²) in [6.07, 6.45) is 3.14. The highest BCUT2D eigenvalue weighted by Gasteiger charge is 2.42. The standard InChI is InChI=1S/C14H24N2O3/c1-4-14(3)13(18)16(8-7-12(17)15-14)10(2)11-6-5-9-19-11/h10-11H,4-9H2,1-3H3,(H,15,17). The highest BCUT2D eigenvalue weighted by Crippen LogP contribution is 2.25. The molecule has 5 heteroatoms. The summed E-state index contributed by atoms with van der Waals surface area (Å²) in [6, 6.07) is 0.0357. The van der Waals surface area contributed by atoms with Gasteiger partial charge in [-0.2, -0.15) is 0 Å². The van der Waals surface area contributed by atoms with E-state index >= 15 is 0 Å². The number of hydrogen-bond acceptors (Lipinski definition) is 3. The molecular formula is C14H24N2O3. The molecule has 19 heavy (non-hydrogen) atoms. The lowest BCUT2D eigenvalue weighted by Crippen LogP contribution is -2.57. The summed E-state index contributed by atoms with van der Waals surface area (Å²) < 4.78 is 5.69. The molecule has 108 valence electrons. The van der Waals surface area contributed by atoms with Gasteiger partial charge in [0, 0.05) is 19.6 Å². The fraction of sp³-hybridized carbons (Fsp3) is 0.857. The Labute approximate surface area is 114 Å². The molecule has 2 aliphatic rings. The second kappa shape index (κ2) is 5.49. The largest absolute Gasteiger partial charge is 0.376 e. The van der Waals surface area contributed by atoms with Crippen LogP contribution in [0.3, 0.4) is 0 Å². The summed E-state index contributed by atoms with van der Waals surface area (Å²) >= 11 is 0. The highest BCUT2D eigenvalue weighted by atomic mass is 16.5. The van der Waals surface area contributed by atoms with E-state index in [1.807, 2.05) is 25.7 Å². The van der Waals surface area contributed by atoms with E-state index in [9.17, 15) is 9.59 Å². The summed E-state index contributed by atoms with van der Waals surface area (Å²) in [5.41, 5.74) is -0.777. The van der Waals surface area contributed by atoms with Crippen LogP contribution in [0.4, 0.5) is 0 Å². The highest BCUT2D eigenvalue weighted by molar-refractivity contribution is 5.93. The van der Waals surface area contributed by atoms with Gasteiger partial charge in [-0.1, -0.05) is 6.92 Å². The Morgan fingerprint density at radius 1 is 1.53 bits per heavy atom. The number of carbonyl (C=O) groups is 2. The topological polar surface area (TPSA) is 58.6 Å². The second-order valence-electron chi connectivity index (χ2n) is 5.77. The Morgan fingerprint density at radius 2 is 2.26 bits per heavy atom. The maximum absolute atomic E-state index is 12.7. The van der Waals surface area contributed by atoms with Crippen LogP contribution in [0.15, 0.2) is 0 Å². The van der Waals surface area contributed by atoms with Crippen molar-refractivity contribution in [3.63, 3.8) is 0 Å². The zero-order valence-corrected chi connectivity index (χ0v) is 12.1. The normalized spacial score (nSPS) is 34.1. The molecule has 0 aromatic rings. The van der Waals surface area contributed by atoms with Gasteiger partial charge in [0.2, 0.25) is 11.8 Å². The minimum absolute atomic E-state index is 0.0175. The Morgan fingerprint density at radius 3 is 2.84 bits per heavy atom. The first-order valence-corrected chi connectivity index (χ1v) is 7.21. The first kappa shape index (κ1) is 14.3. The Balaban J connectivity index is 2.18. The second-order valence-corrected chi connectivity index (χ2v) is 5.77. The summed E-state index contributed by atoms with van der Waals surface area (Å²) in [6.45, 7) is 7.03. The van der Waals surface area contributed by atoms with Gasteiger partial charge in [0.15, 0.2) is 0 Å². The Kier molecular flexibility index (Phi) is 4.13. The number of rotatable bonds is 3. The summed E-state index contributed by atoms with van der Waals surface area (Å²) in [5, 5.41) is 2.86. The average Bonchev–Trinajstić information content (AvgIpc) is 2.88. The summed E-state index contributed by atoms with van der Waals surface area (Å²) in [4.78, 5) is 26.3. The van der Waals surface area contributed by atoms with Gasteiger partial charge in [0.25, 0.3) is 0 Å². The predicted molar refractivity (Wildman–Crippen MR) is 71.6 cm³/mol. The van der Waals surface area contributed by atoms with Gasteiger partial charge in [-0.3, -0.25) is 9.59 Å². The third-order valence-corrected chi connectivity index (χ3v) is 4.43. The van der Waals surface area contributed by atoms with E-state index in [1.165, 1.54) is 0 Å². The lowest BCUT2D eigenvalue weighted by molar-refractivity contribution is -0.142. The van der Waals surface area contributed by atoms with E-state index in [0.717, 1.165) is 19.4 Å². The first-order valence-electron chi connectivity index (χ1n) is 7.21. The molecule has 5 nitrogen and oxygen atoms in total. The van der Waals surface area contributed by atoms with Crippen molar-refractivity contribution in [3.8, 4) is 0 Å². The van der Waals surface area contributed by atoms with Crippen molar-refractivity contribution in [3.05, 3.63) is 0 Å². The maximum atomic E-state index is 12.7. The molecule has 0 radical (unpaired) electrons. The van der Waals surface area contributed by atoms with E-state index < -0.39 is 5.54 Å². The number of nitrogens with zero attached hydrogens (tertiary/aromatic N) is 1. The van der Waals surface area contributed by atoms with Crippen molar-refractivity contribution < 1.29 is 14.3 Å². The van der Waals surface area contributed by atoms with Crippen molar-refractivity contribution in [2.75, 3.05) is 13.2 Å². The van der Waals surface area contributed by atoms with Crippen LogP contribution in [0, 0.1) is 0 Å². The maximum Gasteiger partial charge on any atom is 0.248 e. The van der Waals surface area contributed by atoms with Crippen molar-refractivity contribution >= 4 is 11.8 Å². The fourth-order valence-electron chi connectivity index (χ4n) is 2.88. The van der Waals surface area contributed by atoms with Crippen molar-refractivity contribution in [1.29, 1.82) is 0 Å². The molecule has 1 N–H and O–H groups in total. The van der Waals surface area contributed by atoms with E-state index in [2.05, 4.69) is 5.32 Å². The zero-order valence-electron chi connectivity index (χ0n) is 12.1. The lowest BCUT2D eigenvalue weighted by atomic mass is 9.95. The van der Waals surface area contributed by atoms with Crippen LogP contribution in [0.2, 0.25) is 0 Å². The van der Waals surface area contributed by atoms with Gasteiger partial charge in [-0.15, -0.1) is 0 Å². The van der Waals surface area contributed by atoms with E-state index in [4.69, 9.17) is 4.74 Å². The van der Waals surface area contributed by atoms with Gasteiger partial charge in [0.1, 0.15) is 5.54 Å². The predicted octanol–water partition coefficient (Wildman–Crippen LogP) is 1.07. The molecule has 2 aliphatic heterocycles. The first-order chi connectivity index (χ1) is 8.98. The van der Waals surface area contributed by atoms with Gasteiger partial charge >= 0.3 is 0 Å². The van der Waals surface area contributed by atoms with Crippen LogP contribution in [-0.4, -0.2) is 47.6 Å². The van der Waals surface area contributed by atoms with Crippen LogP contribution < -0.4 is 5.32 Å². The van der Waals surface area contributed by atoms with Gasteiger partial charge < -0.3 is 15.0 Å². The molecule has 0 saturated carbocycles. The minimum Gasteiger partial charge on any atom is -0.376 e. The Hall–Kier alpha value is -1.10. The molecular weight excluding hydrogens is 244 g/mol.